The fraction of sp³-hybridized carbons (Fsp3) is 0.935. The van der Waals surface area contributed by atoms with Crippen LogP contribution < -0.4 is 10.6 Å². The van der Waals surface area contributed by atoms with Gasteiger partial charge in [-0.3, -0.25) is 14.5 Å². The van der Waals surface area contributed by atoms with Gasteiger partial charge in [0.2, 0.25) is 11.8 Å². The first kappa shape index (κ1) is 34.9. The number of nitrogens with zero attached hydrogens (tertiary/aromatic N) is 1. The zero-order valence-electron chi connectivity index (χ0n) is 25.0. The van der Waals surface area contributed by atoms with Crippen molar-refractivity contribution in [2.75, 3.05) is 19.6 Å². The first-order valence-corrected chi connectivity index (χ1v) is 15.7. The highest BCUT2D eigenvalue weighted by Gasteiger charge is 2.13. The van der Waals surface area contributed by atoms with Gasteiger partial charge >= 0.3 is 0 Å². The number of unbranched alkanes of at least 4 members (excludes halogenated alkanes) is 15. The van der Waals surface area contributed by atoms with Crippen molar-refractivity contribution in [3.63, 3.8) is 0 Å². The summed E-state index contributed by atoms with van der Waals surface area (Å²) >= 11 is 0. The lowest BCUT2D eigenvalue weighted by Gasteiger charge is -2.30. The number of carbonyl (C=O) groups excluding carboxylic acids is 2. The van der Waals surface area contributed by atoms with Gasteiger partial charge in [0, 0.05) is 44.6 Å². The molecule has 214 valence electrons. The van der Waals surface area contributed by atoms with Gasteiger partial charge in [-0.2, -0.15) is 0 Å². The molecule has 0 saturated heterocycles. The predicted octanol–water partition coefficient (Wildman–Crippen LogP) is 7.77. The second-order valence-corrected chi connectivity index (χ2v) is 11.3. The third-order valence-corrected chi connectivity index (χ3v) is 7.18. The second kappa shape index (κ2) is 25.5. The molecule has 0 aliphatic heterocycles. The van der Waals surface area contributed by atoms with Crippen LogP contribution in [-0.2, 0) is 9.59 Å². The number of amides is 2. The second-order valence-electron chi connectivity index (χ2n) is 11.3. The number of carbonyl (C=O) groups is 2. The van der Waals surface area contributed by atoms with Crippen LogP contribution in [0.3, 0.4) is 0 Å². The van der Waals surface area contributed by atoms with Crippen molar-refractivity contribution in [2.24, 2.45) is 0 Å². The van der Waals surface area contributed by atoms with E-state index < -0.39 is 0 Å². The molecular formula is C31H63N3O2. The van der Waals surface area contributed by atoms with E-state index in [0.29, 0.717) is 37.9 Å². The summed E-state index contributed by atoms with van der Waals surface area (Å²) in [7, 11) is 0. The van der Waals surface area contributed by atoms with Crippen molar-refractivity contribution in [1.29, 1.82) is 0 Å². The van der Waals surface area contributed by atoms with E-state index in [9.17, 15) is 9.59 Å². The fourth-order valence-corrected chi connectivity index (χ4v) is 4.92. The minimum Gasteiger partial charge on any atom is -0.356 e. The summed E-state index contributed by atoms with van der Waals surface area (Å²) in [6.45, 7) is 13.3. The van der Waals surface area contributed by atoms with Crippen LogP contribution in [0.5, 0.6) is 0 Å². The summed E-state index contributed by atoms with van der Waals surface area (Å²) < 4.78 is 0. The highest BCUT2D eigenvalue weighted by atomic mass is 16.2. The molecule has 5 nitrogen and oxygen atoms in total. The van der Waals surface area contributed by atoms with Gasteiger partial charge in [0.15, 0.2) is 0 Å². The molecule has 0 aromatic heterocycles. The molecule has 0 heterocycles. The van der Waals surface area contributed by atoms with Crippen LogP contribution in [0.25, 0.3) is 0 Å². The van der Waals surface area contributed by atoms with E-state index in [2.05, 4.69) is 50.2 Å². The third kappa shape index (κ3) is 23.3. The molecule has 0 radical (unpaired) electrons. The van der Waals surface area contributed by atoms with Crippen LogP contribution in [0.1, 0.15) is 157 Å². The maximum Gasteiger partial charge on any atom is 0.220 e. The van der Waals surface area contributed by atoms with Gasteiger partial charge in [-0.05, 0) is 40.5 Å². The number of hydrogen-bond donors (Lipinski definition) is 2. The average molecular weight is 510 g/mol. The van der Waals surface area contributed by atoms with E-state index in [1.807, 2.05) is 0 Å². The molecule has 0 unspecified atom stereocenters. The van der Waals surface area contributed by atoms with E-state index >= 15 is 0 Å². The predicted molar refractivity (Wildman–Crippen MR) is 156 cm³/mol. The highest BCUT2D eigenvalue weighted by molar-refractivity contribution is 5.78. The Hall–Kier alpha value is -1.10. The fourth-order valence-electron chi connectivity index (χ4n) is 4.92. The summed E-state index contributed by atoms with van der Waals surface area (Å²) in [6, 6.07) is 0.944. The largest absolute Gasteiger partial charge is 0.356 e. The number of nitrogens with one attached hydrogen (secondary N) is 2. The Kier molecular flexibility index (Phi) is 24.8. The topological polar surface area (TPSA) is 61.4 Å². The van der Waals surface area contributed by atoms with E-state index in [-0.39, 0.29) is 11.8 Å². The van der Waals surface area contributed by atoms with Gasteiger partial charge in [-0.15, -0.1) is 0 Å². The molecule has 36 heavy (non-hydrogen) atoms. The number of hydrogen-bond acceptors (Lipinski definition) is 3. The molecule has 2 amide bonds. The van der Waals surface area contributed by atoms with Crippen LogP contribution >= 0.6 is 0 Å². The number of rotatable bonds is 26. The Labute approximate surface area is 225 Å². The summed E-state index contributed by atoms with van der Waals surface area (Å²) in [5.41, 5.74) is 0. The molecular weight excluding hydrogens is 446 g/mol. The lowest BCUT2D eigenvalue weighted by molar-refractivity contribution is -0.122. The standard InChI is InChI=1S/C31H63N3O2/c1-6-7-8-9-10-11-12-13-14-15-16-17-18-19-20-21-25-32-30(35)23-22-24-31(36)33-26-27-34(28(2)3)29(4)5/h28-29H,6-27H2,1-5H3,(H,32,35)(H,33,36). The monoisotopic (exact) mass is 509 g/mol. The van der Waals surface area contributed by atoms with Crippen molar-refractivity contribution in [3.8, 4) is 0 Å². The molecule has 0 saturated carbocycles. The van der Waals surface area contributed by atoms with E-state index in [1.165, 1.54) is 96.3 Å². The van der Waals surface area contributed by atoms with Crippen molar-refractivity contribution in [1.82, 2.24) is 15.5 Å². The molecule has 0 aliphatic carbocycles. The van der Waals surface area contributed by atoms with Gasteiger partial charge in [0.1, 0.15) is 0 Å². The van der Waals surface area contributed by atoms with Crippen molar-refractivity contribution >= 4 is 11.8 Å². The zero-order chi connectivity index (χ0) is 26.9. The first-order valence-electron chi connectivity index (χ1n) is 15.7. The van der Waals surface area contributed by atoms with Crippen LogP contribution in [0.15, 0.2) is 0 Å². The van der Waals surface area contributed by atoms with Crippen LogP contribution in [0.4, 0.5) is 0 Å². The molecule has 0 aliphatic rings. The maximum atomic E-state index is 12.0. The minimum atomic E-state index is 0.0491. The molecule has 0 spiro atoms. The quantitative estimate of drug-likeness (QED) is 0.117. The molecule has 0 atom stereocenters. The molecule has 0 bridgehead atoms. The summed E-state index contributed by atoms with van der Waals surface area (Å²) in [6.07, 6.45) is 23.3. The van der Waals surface area contributed by atoms with Crippen molar-refractivity contribution in [3.05, 3.63) is 0 Å². The Balaban J connectivity index is 3.39. The summed E-state index contributed by atoms with van der Waals surface area (Å²) in [5, 5.41) is 6.00. The Bertz CT molecular complexity index is 500. The van der Waals surface area contributed by atoms with E-state index in [0.717, 1.165) is 19.5 Å². The van der Waals surface area contributed by atoms with Crippen molar-refractivity contribution < 1.29 is 9.59 Å². The summed E-state index contributed by atoms with van der Waals surface area (Å²) in [5.74, 6) is 0.127. The van der Waals surface area contributed by atoms with Gasteiger partial charge in [0.25, 0.3) is 0 Å². The van der Waals surface area contributed by atoms with E-state index in [4.69, 9.17) is 0 Å². The smallest absolute Gasteiger partial charge is 0.220 e. The normalized spacial score (nSPS) is 11.6. The summed E-state index contributed by atoms with van der Waals surface area (Å²) in [4.78, 5) is 26.4. The van der Waals surface area contributed by atoms with Gasteiger partial charge in [-0.25, -0.2) is 0 Å². The zero-order valence-corrected chi connectivity index (χ0v) is 25.0. The molecule has 0 rings (SSSR count). The molecule has 5 heteroatoms. The van der Waals surface area contributed by atoms with Crippen molar-refractivity contribution in [2.45, 2.75) is 169 Å². The lowest BCUT2D eigenvalue weighted by Crippen LogP contribution is -2.42. The van der Waals surface area contributed by atoms with Gasteiger partial charge in [-0.1, -0.05) is 103 Å². The molecule has 0 aromatic rings. The van der Waals surface area contributed by atoms with Gasteiger partial charge < -0.3 is 10.6 Å². The molecule has 0 aromatic carbocycles. The Morgan fingerprint density at radius 2 is 0.889 bits per heavy atom. The Morgan fingerprint density at radius 3 is 1.28 bits per heavy atom. The first-order chi connectivity index (χ1) is 17.4. The Morgan fingerprint density at radius 1 is 0.528 bits per heavy atom. The molecule has 2 N–H and O–H groups in total. The third-order valence-electron chi connectivity index (χ3n) is 7.18. The van der Waals surface area contributed by atoms with E-state index in [1.54, 1.807) is 0 Å². The van der Waals surface area contributed by atoms with Crippen LogP contribution in [-0.4, -0.2) is 48.4 Å². The average Bonchev–Trinajstić information content (AvgIpc) is 2.83. The minimum absolute atomic E-state index is 0.0491. The van der Waals surface area contributed by atoms with Crippen LogP contribution in [0, 0.1) is 0 Å². The molecule has 0 fully saturated rings. The highest BCUT2D eigenvalue weighted by Crippen LogP contribution is 2.13. The lowest BCUT2D eigenvalue weighted by atomic mass is 10.0. The SMILES string of the molecule is CCCCCCCCCCCCCCCCCCNC(=O)CCCC(=O)NCCN(C(C)C)C(C)C. The maximum absolute atomic E-state index is 12.0. The van der Waals surface area contributed by atoms with Crippen LogP contribution in [0.2, 0.25) is 0 Å². The van der Waals surface area contributed by atoms with Gasteiger partial charge in [0.05, 0.1) is 0 Å².